The first-order valence-electron chi connectivity index (χ1n) is 10.0. The van der Waals surface area contributed by atoms with Crippen molar-refractivity contribution >= 4 is 23.6 Å². The zero-order chi connectivity index (χ0) is 21.7. The van der Waals surface area contributed by atoms with Crippen molar-refractivity contribution in [3.63, 3.8) is 0 Å². The molecule has 0 bridgehead atoms. The molecular weight excluding hydrogens is 406 g/mol. The van der Waals surface area contributed by atoms with Crippen LogP contribution in [0.5, 0.6) is 11.5 Å². The second-order valence-corrected chi connectivity index (χ2v) is 7.61. The van der Waals surface area contributed by atoms with Gasteiger partial charge in [-0.05, 0) is 44.5 Å². The molecule has 1 aliphatic rings. The SMILES string of the molecule is CCOc1c(Cl)cc(/C=C/C(=O)N2CCN(Cc3c(C)noc3C)CC2)cc1OC. The van der Waals surface area contributed by atoms with Crippen molar-refractivity contribution in [2.24, 2.45) is 0 Å². The van der Waals surface area contributed by atoms with Gasteiger partial charge < -0.3 is 18.9 Å². The summed E-state index contributed by atoms with van der Waals surface area (Å²) in [6.45, 7) is 10.0. The van der Waals surface area contributed by atoms with Gasteiger partial charge in [0.2, 0.25) is 5.91 Å². The van der Waals surface area contributed by atoms with E-state index in [9.17, 15) is 4.79 Å². The number of hydrogen-bond donors (Lipinski definition) is 0. The minimum absolute atomic E-state index is 0.0176. The fraction of sp³-hybridized carbons (Fsp3) is 0.455. The maximum atomic E-state index is 12.6. The van der Waals surface area contributed by atoms with E-state index >= 15 is 0 Å². The lowest BCUT2D eigenvalue weighted by Gasteiger charge is -2.34. The third kappa shape index (κ3) is 5.15. The number of halogens is 1. The minimum Gasteiger partial charge on any atom is -0.493 e. The van der Waals surface area contributed by atoms with Crippen molar-refractivity contribution in [1.82, 2.24) is 15.0 Å². The van der Waals surface area contributed by atoms with Gasteiger partial charge in [0.25, 0.3) is 0 Å². The van der Waals surface area contributed by atoms with Crippen LogP contribution in [-0.2, 0) is 11.3 Å². The number of nitrogens with zero attached hydrogens (tertiary/aromatic N) is 3. The molecule has 30 heavy (non-hydrogen) atoms. The van der Waals surface area contributed by atoms with Gasteiger partial charge in [0.15, 0.2) is 11.5 Å². The number of ether oxygens (including phenoxy) is 2. The second kappa shape index (κ2) is 10.00. The summed E-state index contributed by atoms with van der Waals surface area (Å²) < 4.78 is 16.1. The summed E-state index contributed by atoms with van der Waals surface area (Å²) in [4.78, 5) is 16.8. The Hall–Kier alpha value is -2.51. The molecule has 1 aromatic carbocycles. The summed E-state index contributed by atoms with van der Waals surface area (Å²) in [5.74, 6) is 1.90. The maximum Gasteiger partial charge on any atom is 0.246 e. The molecule has 0 spiro atoms. The third-order valence-electron chi connectivity index (χ3n) is 5.21. The van der Waals surface area contributed by atoms with Crippen molar-refractivity contribution in [3.05, 3.63) is 45.8 Å². The first-order valence-corrected chi connectivity index (χ1v) is 10.4. The van der Waals surface area contributed by atoms with Crippen LogP contribution in [0.1, 0.15) is 29.5 Å². The highest BCUT2D eigenvalue weighted by atomic mass is 35.5. The summed E-state index contributed by atoms with van der Waals surface area (Å²) in [6.07, 6.45) is 3.33. The molecule has 0 N–H and O–H groups in total. The molecule has 1 amide bonds. The van der Waals surface area contributed by atoms with Crippen LogP contribution in [0.25, 0.3) is 6.08 Å². The monoisotopic (exact) mass is 433 g/mol. The van der Waals surface area contributed by atoms with Gasteiger partial charge in [0.1, 0.15) is 5.76 Å². The van der Waals surface area contributed by atoms with Crippen LogP contribution >= 0.6 is 11.6 Å². The summed E-state index contributed by atoms with van der Waals surface area (Å²) in [7, 11) is 1.56. The number of aromatic nitrogens is 1. The number of benzene rings is 1. The topological polar surface area (TPSA) is 68.0 Å². The standard InChI is InChI=1S/C22H28ClN3O4/c1-5-29-22-19(23)12-17(13-20(22)28-4)6-7-21(27)26-10-8-25(9-11-26)14-18-15(2)24-30-16(18)3/h6-7,12-13H,5,8-11,14H2,1-4H3/b7-6+. The fourth-order valence-corrected chi connectivity index (χ4v) is 3.74. The Morgan fingerprint density at radius 1 is 1.27 bits per heavy atom. The molecule has 0 unspecified atom stereocenters. The Balaban J connectivity index is 1.58. The van der Waals surface area contributed by atoms with Gasteiger partial charge in [0.05, 0.1) is 24.4 Å². The van der Waals surface area contributed by atoms with Gasteiger partial charge in [-0.1, -0.05) is 16.8 Å². The van der Waals surface area contributed by atoms with Gasteiger partial charge in [-0.25, -0.2) is 0 Å². The summed E-state index contributed by atoms with van der Waals surface area (Å²) in [5, 5.41) is 4.47. The lowest BCUT2D eigenvalue weighted by molar-refractivity contribution is -0.127. The Labute approximate surface area is 182 Å². The molecule has 2 heterocycles. The number of methoxy groups -OCH3 is 1. The average Bonchev–Trinajstić information content (AvgIpc) is 3.06. The number of aryl methyl sites for hydroxylation is 2. The van der Waals surface area contributed by atoms with E-state index in [4.69, 9.17) is 25.6 Å². The van der Waals surface area contributed by atoms with Crippen LogP contribution in [0.4, 0.5) is 0 Å². The number of piperazine rings is 1. The molecule has 0 saturated carbocycles. The molecule has 1 aromatic heterocycles. The van der Waals surface area contributed by atoms with Crippen molar-refractivity contribution in [3.8, 4) is 11.5 Å². The van der Waals surface area contributed by atoms with E-state index in [2.05, 4.69) is 10.1 Å². The number of carbonyl (C=O) groups excluding carboxylic acids is 1. The summed E-state index contributed by atoms with van der Waals surface area (Å²) >= 11 is 6.30. The third-order valence-corrected chi connectivity index (χ3v) is 5.49. The van der Waals surface area contributed by atoms with E-state index in [0.717, 1.165) is 42.2 Å². The second-order valence-electron chi connectivity index (χ2n) is 7.20. The first-order chi connectivity index (χ1) is 14.4. The van der Waals surface area contributed by atoms with Gasteiger partial charge in [-0.2, -0.15) is 0 Å². The van der Waals surface area contributed by atoms with E-state index in [1.54, 1.807) is 25.3 Å². The molecule has 162 valence electrons. The van der Waals surface area contributed by atoms with Crippen molar-refractivity contribution in [1.29, 1.82) is 0 Å². The van der Waals surface area contributed by atoms with Crippen LogP contribution in [0.2, 0.25) is 5.02 Å². The van der Waals surface area contributed by atoms with Crippen LogP contribution in [0.3, 0.4) is 0 Å². The highest BCUT2D eigenvalue weighted by Gasteiger charge is 2.22. The molecule has 1 fully saturated rings. The molecule has 7 nitrogen and oxygen atoms in total. The lowest BCUT2D eigenvalue weighted by Crippen LogP contribution is -2.47. The maximum absolute atomic E-state index is 12.6. The van der Waals surface area contributed by atoms with Gasteiger partial charge in [0, 0.05) is 44.4 Å². The van der Waals surface area contributed by atoms with E-state index in [1.165, 1.54) is 0 Å². The predicted octanol–water partition coefficient (Wildman–Crippen LogP) is 3.71. The van der Waals surface area contributed by atoms with Crippen molar-refractivity contribution in [2.45, 2.75) is 27.3 Å². The molecule has 1 aliphatic heterocycles. The van der Waals surface area contributed by atoms with Crippen LogP contribution < -0.4 is 9.47 Å². The van der Waals surface area contributed by atoms with E-state index in [1.807, 2.05) is 31.7 Å². The van der Waals surface area contributed by atoms with Crippen molar-refractivity contribution < 1.29 is 18.8 Å². The Kier molecular flexibility index (Phi) is 7.39. The van der Waals surface area contributed by atoms with Gasteiger partial charge in [-0.3, -0.25) is 9.69 Å². The number of hydrogen-bond acceptors (Lipinski definition) is 6. The molecule has 2 aromatic rings. The zero-order valence-corrected chi connectivity index (χ0v) is 18.7. The molecule has 8 heteroatoms. The molecule has 0 radical (unpaired) electrons. The smallest absolute Gasteiger partial charge is 0.246 e. The van der Waals surface area contributed by atoms with Gasteiger partial charge in [-0.15, -0.1) is 0 Å². The van der Waals surface area contributed by atoms with E-state index in [-0.39, 0.29) is 5.91 Å². The van der Waals surface area contributed by atoms with Crippen LogP contribution in [0, 0.1) is 13.8 Å². The lowest BCUT2D eigenvalue weighted by atomic mass is 10.1. The van der Waals surface area contributed by atoms with E-state index < -0.39 is 0 Å². The van der Waals surface area contributed by atoms with Crippen LogP contribution in [0.15, 0.2) is 22.7 Å². The minimum atomic E-state index is -0.0176. The van der Waals surface area contributed by atoms with Crippen molar-refractivity contribution in [2.75, 3.05) is 39.9 Å². The number of carbonyl (C=O) groups is 1. The zero-order valence-electron chi connectivity index (χ0n) is 17.9. The Morgan fingerprint density at radius 3 is 2.60 bits per heavy atom. The fourth-order valence-electron chi connectivity index (χ4n) is 3.47. The quantitative estimate of drug-likeness (QED) is 0.620. The molecule has 3 rings (SSSR count). The highest BCUT2D eigenvalue weighted by Crippen LogP contribution is 2.36. The predicted molar refractivity (Wildman–Crippen MR) is 116 cm³/mol. The molecule has 1 saturated heterocycles. The first kappa shape index (κ1) is 22.2. The highest BCUT2D eigenvalue weighted by molar-refractivity contribution is 6.32. The molecular formula is C22H28ClN3O4. The molecule has 0 atom stereocenters. The Bertz CT molecular complexity index is 898. The number of rotatable bonds is 7. The summed E-state index contributed by atoms with van der Waals surface area (Å²) in [5.41, 5.74) is 2.85. The average molecular weight is 434 g/mol. The Morgan fingerprint density at radius 2 is 2.00 bits per heavy atom. The largest absolute Gasteiger partial charge is 0.493 e. The van der Waals surface area contributed by atoms with Crippen LogP contribution in [-0.4, -0.2) is 60.8 Å². The molecule has 0 aliphatic carbocycles. The van der Waals surface area contributed by atoms with E-state index in [0.29, 0.717) is 36.2 Å². The number of amides is 1. The summed E-state index contributed by atoms with van der Waals surface area (Å²) in [6, 6.07) is 3.57. The van der Waals surface area contributed by atoms with Gasteiger partial charge >= 0.3 is 0 Å². The normalized spacial score (nSPS) is 15.0.